The largest absolute Gasteiger partial charge is 0.294 e. The minimum absolute atomic E-state index is 0.517. The van der Waals surface area contributed by atoms with Gasteiger partial charge in [-0.1, -0.05) is 32.0 Å². The number of rotatable bonds is 2. The lowest BCUT2D eigenvalue weighted by atomic mass is 9.97. The van der Waals surface area contributed by atoms with Crippen molar-refractivity contribution in [2.24, 2.45) is 7.05 Å². The van der Waals surface area contributed by atoms with Gasteiger partial charge in [0.15, 0.2) is 0 Å². The number of fused-ring (bicyclic) bond motifs is 3. The molecule has 4 aromatic rings. The molecule has 4 rings (SSSR count). The van der Waals surface area contributed by atoms with E-state index in [2.05, 4.69) is 98.6 Å². The standard InChI is InChI=1S/C23H25N2/c1-15(2)18-8-6-10-21(17(18)4)25-22-14-16(3)11-12-19(22)20-9-7-13-24(5)23(20)25/h6-15H,1-5H3/q+1. The van der Waals surface area contributed by atoms with E-state index < -0.39 is 0 Å². The summed E-state index contributed by atoms with van der Waals surface area (Å²) in [6, 6.07) is 17.8. The van der Waals surface area contributed by atoms with Gasteiger partial charge in [-0.3, -0.25) is 0 Å². The highest BCUT2D eigenvalue weighted by atomic mass is 15.1. The van der Waals surface area contributed by atoms with Crippen LogP contribution in [0, 0.1) is 13.8 Å². The molecule has 2 heteroatoms. The fourth-order valence-electron chi connectivity index (χ4n) is 4.01. The monoisotopic (exact) mass is 329 g/mol. The lowest BCUT2D eigenvalue weighted by Gasteiger charge is -2.13. The van der Waals surface area contributed by atoms with Crippen LogP contribution in [0.1, 0.15) is 36.5 Å². The van der Waals surface area contributed by atoms with Crippen LogP contribution in [-0.2, 0) is 7.05 Å². The summed E-state index contributed by atoms with van der Waals surface area (Å²) in [6.45, 7) is 8.95. The molecule has 0 spiro atoms. The molecular formula is C23H25N2+. The van der Waals surface area contributed by atoms with E-state index in [1.807, 2.05) is 0 Å². The van der Waals surface area contributed by atoms with Crippen LogP contribution < -0.4 is 4.57 Å². The number of benzene rings is 2. The number of hydrogen-bond acceptors (Lipinski definition) is 0. The van der Waals surface area contributed by atoms with Crippen LogP contribution in [0.15, 0.2) is 54.7 Å². The number of nitrogens with zero attached hydrogens (tertiary/aromatic N) is 2. The summed E-state index contributed by atoms with van der Waals surface area (Å²) in [4.78, 5) is 0. The molecule has 2 aromatic carbocycles. The van der Waals surface area contributed by atoms with Crippen LogP contribution in [0.3, 0.4) is 0 Å². The Morgan fingerprint density at radius 2 is 1.72 bits per heavy atom. The molecule has 0 N–H and O–H groups in total. The Morgan fingerprint density at radius 1 is 0.920 bits per heavy atom. The topological polar surface area (TPSA) is 8.81 Å². The fourth-order valence-corrected chi connectivity index (χ4v) is 4.01. The van der Waals surface area contributed by atoms with Crippen molar-refractivity contribution >= 4 is 21.9 Å². The van der Waals surface area contributed by atoms with Gasteiger partial charge in [-0.2, -0.15) is 4.57 Å². The zero-order chi connectivity index (χ0) is 17.7. The Morgan fingerprint density at radius 3 is 2.48 bits per heavy atom. The average molecular weight is 329 g/mol. The molecule has 0 atom stereocenters. The highest BCUT2D eigenvalue weighted by Gasteiger charge is 2.23. The van der Waals surface area contributed by atoms with Gasteiger partial charge < -0.3 is 0 Å². The molecule has 2 nitrogen and oxygen atoms in total. The maximum absolute atomic E-state index is 2.43. The quantitative estimate of drug-likeness (QED) is 0.438. The van der Waals surface area contributed by atoms with Gasteiger partial charge >= 0.3 is 0 Å². The van der Waals surface area contributed by atoms with Gasteiger partial charge in [0.1, 0.15) is 11.2 Å². The van der Waals surface area contributed by atoms with Crippen LogP contribution >= 0.6 is 0 Å². The summed E-state index contributed by atoms with van der Waals surface area (Å²) in [6.07, 6.45) is 2.13. The summed E-state index contributed by atoms with van der Waals surface area (Å²) >= 11 is 0. The Balaban J connectivity index is 2.21. The van der Waals surface area contributed by atoms with E-state index in [1.165, 1.54) is 44.3 Å². The molecule has 0 aliphatic carbocycles. The first-order chi connectivity index (χ1) is 12.0. The molecule has 0 aliphatic rings. The maximum atomic E-state index is 2.43. The van der Waals surface area contributed by atoms with Crippen LogP contribution in [0.25, 0.3) is 27.6 Å². The van der Waals surface area contributed by atoms with Crippen LogP contribution in [0.2, 0.25) is 0 Å². The number of aryl methyl sites for hydroxylation is 2. The fraction of sp³-hybridized carbons (Fsp3) is 0.261. The van der Waals surface area contributed by atoms with E-state index in [1.54, 1.807) is 0 Å². The van der Waals surface area contributed by atoms with Gasteiger partial charge in [-0.25, -0.2) is 4.57 Å². The second-order valence-corrected chi connectivity index (χ2v) is 7.36. The molecule has 0 amide bonds. The molecule has 0 aliphatic heterocycles. The number of hydrogen-bond donors (Lipinski definition) is 0. The SMILES string of the molecule is Cc1ccc2c3ccc[n+](C)c3n(-c3cccc(C(C)C)c3C)c2c1. The van der Waals surface area contributed by atoms with Crippen molar-refractivity contribution in [3.8, 4) is 5.69 Å². The van der Waals surface area contributed by atoms with E-state index in [0.717, 1.165) is 0 Å². The normalized spacial score (nSPS) is 11.8. The molecule has 0 unspecified atom stereocenters. The van der Waals surface area contributed by atoms with Gasteiger partial charge in [0.05, 0.1) is 18.6 Å². The second kappa shape index (κ2) is 5.73. The zero-order valence-corrected chi connectivity index (χ0v) is 15.7. The minimum Gasteiger partial charge on any atom is -0.236 e. The third kappa shape index (κ3) is 2.36. The summed E-state index contributed by atoms with van der Waals surface area (Å²) < 4.78 is 4.66. The predicted molar refractivity (Wildman–Crippen MR) is 106 cm³/mol. The Kier molecular flexibility index (Phi) is 3.64. The van der Waals surface area contributed by atoms with Crippen LogP contribution in [0.4, 0.5) is 0 Å². The smallest absolute Gasteiger partial charge is 0.236 e. The van der Waals surface area contributed by atoms with Crippen LogP contribution in [0.5, 0.6) is 0 Å². The van der Waals surface area contributed by atoms with Crippen molar-refractivity contribution in [1.82, 2.24) is 4.57 Å². The van der Waals surface area contributed by atoms with Gasteiger partial charge in [-0.05, 0) is 66.8 Å². The van der Waals surface area contributed by atoms with Crippen LogP contribution in [-0.4, -0.2) is 4.57 Å². The third-order valence-corrected chi connectivity index (χ3v) is 5.25. The number of pyridine rings is 1. The minimum atomic E-state index is 0.517. The number of aromatic nitrogens is 2. The van der Waals surface area contributed by atoms with Crippen molar-refractivity contribution in [3.63, 3.8) is 0 Å². The molecule has 0 bridgehead atoms. The Bertz CT molecular complexity index is 1100. The first kappa shape index (κ1) is 15.9. The first-order valence-electron chi connectivity index (χ1n) is 8.98. The highest BCUT2D eigenvalue weighted by Crippen LogP contribution is 2.33. The van der Waals surface area contributed by atoms with Crippen molar-refractivity contribution in [3.05, 3.63) is 71.4 Å². The molecule has 0 saturated carbocycles. The molecule has 126 valence electrons. The maximum Gasteiger partial charge on any atom is 0.294 e. The zero-order valence-electron chi connectivity index (χ0n) is 15.7. The average Bonchev–Trinajstić information content (AvgIpc) is 2.89. The summed E-state index contributed by atoms with van der Waals surface area (Å²) in [7, 11) is 2.13. The van der Waals surface area contributed by atoms with Gasteiger partial charge in [0.25, 0.3) is 5.65 Å². The van der Waals surface area contributed by atoms with E-state index >= 15 is 0 Å². The molecule has 0 radical (unpaired) electrons. The Hall–Kier alpha value is -2.61. The highest BCUT2D eigenvalue weighted by molar-refractivity contribution is 6.07. The van der Waals surface area contributed by atoms with E-state index in [4.69, 9.17) is 0 Å². The third-order valence-electron chi connectivity index (χ3n) is 5.25. The molecular weight excluding hydrogens is 304 g/mol. The molecule has 0 fully saturated rings. The van der Waals surface area contributed by atoms with Gasteiger partial charge in [0, 0.05) is 5.39 Å². The lowest BCUT2D eigenvalue weighted by Crippen LogP contribution is -2.30. The summed E-state index contributed by atoms with van der Waals surface area (Å²) in [5.41, 5.74) is 7.86. The van der Waals surface area contributed by atoms with E-state index in [-0.39, 0.29) is 0 Å². The molecule has 25 heavy (non-hydrogen) atoms. The van der Waals surface area contributed by atoms with Crippen molar-refractivity contribution < 1.29 is 4.57 Å². The second-order valence-electron chi connectivity index (χ2n) is 7.36. The van der Waals surface area contributed by atoms with Crippen molar-refractivity contribution in [2.45, 2.75) is 33.6 Å². The van der Waals surface area contributed by atoms with Crippen molar-refractivity contribution in [2.75, 3.05) is 0 Å². The summed E-state index contributed by atoms with van der Waals surface area (Å²) in [5.74, 6) is 0.517. The molecule has 2 heterocycles. The van der Waals surface area contributed by atoms with Gasteiger partial charge in [-0.15, -0.1) is 0 Å². The molecule has 2 aromatic heterocycles. The van der Waals surface area contributed by atoms with E-state index in [9.17, 15) is 0 Å². The first-order valence-corrected chi connectivity index (χ1v) is 8.98. The van der Waals surface area contributed by atoms with E-state index in [0.29, 0.717) is 5.92 Å². The lowest BCUT2D eigenvalue weighted by molar-refractivity contribution is -0.647. The summed E-state index contributed by atoms with van der Waals surface area (Å²) in [5, 5.41) is 2.61. The molecule has 0 saturated heterocycles. The van der Waals surface area contributed by atoms with Crippen molar-refractivity contribution in [1.29, 1.82) is 0 Å². The Labute approximate surface area is 149 Å². The predicted octanol–water partition coefficient (Wildman–Crippen LogP) is 5.35. The van der Waals surface area contributed by atoms with Gasteiger partial charge in [0.2, 0.25) is 0 Å².